The third kappa shape index (κ3) is 3.30. The summed E-state index contributed by atoms with van der Waals surface area (Å²) < 4.78 is 0. The molecule has 1 aliphatic rings. The van der Waals surface area contributed by atoms with E-state index in [4.69, 9.17) is 17.3 Å². The van der Waals surface area contributed by atoms with E-state index in [9.17, 15) is 4.79 Å². The topological polar surface area (TPSA) is 46.3 Å². The van der Waals surface area contributed by atoms with Crippen molar-refractivity contribution in [2.24, 2.45) is 0 Å². The standard InChI is InChI=1S/C20H15ClN2OS2/c21-13-9-10-19-16(11-13)23(15-6-2-4-8-18(15)26-19)20(24)12-25-17-7-3-1-5-14(17)22/h1-11H,12,22H2. The summed E-state index contributed by atoms with van der Waals surface area (Å²) in [4.78, 5) is 17.9. The average Bonchev–Trinajstić information content (AvgIpc) is 2.65. The van der Waals surface area contributed by atoms with Crippen LogP contribution in [-0.4, -0.2) is 11.7 Å². The zero-order valence-electron chi connectivity index (χ0n) is 13.7. The fraction of sp³-hybridized carbons (Fsp3) is 0.0500. The Morgan fingerprint density at radius 3 is 2.58 bits per heavy atom. The van der Waals surface area contributed by atoms with Crippen molar-refractivity contribution in [3.05, 3.63) is 71.8 Å². The maximum absolute atomic E-state index is 13.1. The second kappa shape index (κ2) is 7.27. The molecule has 0 saturated heterocycles. The summed E-state index contributed by atoms with van der Waals surface area (Å²) in [5.41, 5.74) is 8.39. The summed E-state index contributed by atoms with van der Waals surface area (Å²) in [5.74, 6) is 0.286. The molecule has 0 fully saturated rings. The Hall–Kier alpha value is -2.08. The van der Waals surface area contributed by atoms with Crippen LogP contribution in [0.1, 0.15) is 0 Å². The molecule has 3 nitrogen and oxygen atoms in total. The number of hydrogen-bond acceptors (Lipinski definition) is 4. The lowest BCUT2D eigenvalue weighted by Crippen LogP contribution is -2.30. The first-order chi connectivity index (χ1) is 12.6. The van der Waals surface area contributed by atoms with Gasteiger partial charge in [-0.05, 0) is 42.5 Å². The van der Waals surface area contributed by atoms with Crippen LogP contribution >= 0.6 is 35.1 Å². The lowest BCUT2D eigenvalue weighted by atomic mass is 10.2. The highest BCUT2D eigenvalue weighted by Gasteiger charge is 2.28. The van der Waals surface area contributed by atoms with E-state index in [0.29, 0.717) is 16.5 Å². The van der Waals surface area contributed by atoms with Gasteiger partial charge in [0.15, 0.2) is 0 Å². The third-order valence-corrected chi connectivity index (χ3v) is 6.45. The number of fused-ring (bicyclic) bond motifs is 2. The number of nitrogens with two attached hydrogens (primary N) is 1. The van der Waals surface area contributed by atoms with Crippen molar-refractivity contribution in [1.82, 2.24) is 0 Å². The molecule has 0 saturated carbocycles. The number of hydrogen-bond donors (Lipinski definition) is 1. The van der Waals surface area contributed by atoms with Gasteiger partial charge in [-0.25, -0.2) is 0 Å². The maximum atomic E-state index is 13.1. The van der Waals surface area contributed by atoms with Gasteiger partial charge in [0.05, 0.1) is 17.1 Å². The molecule has 6 heteroatoms. The van der Waals surface area contributed by atoms with E-state index in [2.05, 4.69) is 0 Å². The average molecular weight is 399 g/mol. The molecule has 2 N–H and O–H groups in total. The molecule has 0 radical (unpaired) electrons. The number of carbonyl (C=O) groups is 1. The van der Waals surface area contributed by atoms with E-state index in [0.717, 1.165) is 26.1 Å². The molecule has 4 rings (SSSR count). The number of rotatable bonds is 3. The molecule has 0 bridgehead atoms. The van der Waals surface area contributed by atoms with E-state index in [-0.39, 0.29) is 5.91 Å². The fourth-order valence-electron chi connectivity index (χ4n) is 2.81. The molecule has 1 aliphatic heterocycles. The fourth-order valence-corrected chi connectivity index (χ4v) is 4.83. The number of carbonyl (C=O) groups excluding carboxylic acids is 1. The molecule has 0 aromatic heterocycles. The van der Waals surface area contributed by atoms with Crippen LogP contribution in [0.25, 0.3) is 0 Å². The van der Waals surface area contributed by atoms with Gasteiger partial charge in [-0.1, -0.05) is 47.6 Å². The van der Waals surface area contributed by atoms with Crippen molar-refractivity contribution in [1.29, 1.82) is 0 Å². The Morgan fingerprint density at radius 1 is 1.00 bits per heavy atom. The molecular weight excluding hydrogens is 384 g/mol. The van der Waals surface area contributed by atoms with E-state index < -0.39 is 0 Å². The van der Waals surface area contributed by atoms with Gasteiger partial charge in [0.25, 0.3) is 0 Å². The van der Waals surface area contributed by atoms with Gasteiger partial charge >= 0.3 is 0 Å². The summed E-state index contributed by atoms with van der Waals surface area (Å²) in [6, 6.07) is 21.1. The number of amides is 1. The first-order valence-corrected chi connectivity index (χ1v) is 10.2. The number of halogens is 1. The molecule has 0 unspecified atom stereocenters. The summed E-state index contributed by atoms with van der Waals surface area (Å²) >= 11 is 9.29. The van der Waals surface area contributed by atoms with Crippen LogP contribution in [0.2, 0.25) is 5.02 Å². The molecule has 0 aliphatic carbocycles. The number of thioether (sulfide) groups is 1. The van der Waals surface area contributed by atoms with Crippen molar-refractivity contribution < 1.29 is 4.79 Å². The quantitative estimate of drug-likeness (QED) is 0.444. The Balaban J connectivity index is 1.68. The normalized spacial score (nSPS) is 12.4. The molecule has 0 spiro atoms. The molecule has 0 atom stereocenters. The highest BCUT2D eigenvalue weighted by Crippen LogP contribution is 2.49. The Labute approximate surface area is 165 Å². The highest BCUT2D eigenvalue weighted by molar-refractivity contribution is 8.00. The smallest absolute Gasteiger partial charge is 0.241 e. The maximum Gasteiger partial charge on any atom is 0.241 e. The number of para-hydroxylation sites is 2. The van der Waals surface area contributed by atoms with Crippen LogP contribution in [0, 0.1) is 0 Å². The largest absolute Gasteiger partial charge is 0.398 e. The zero-order chi connectivity index (χ0) is 18.1. The van der Waals surface area contributed by atoms with Gasteiger partial charge < -0.3 is 5.73 Å². The monoisotopic (exact) mass is 398 g/mol. The molecule has 3 aromatic rings. The van der Waals surface area contributed by atoms with Crippen LogP contribution in [0.4, 0.5) is 17.1 Å². The summed E-state index contributed by atoms with van der Waals surface area (Å²) in [7, 11) is 0. The lowest BCUT2D eigenvalue weighted by Gasteiger charge is -2.31. The molecule has 26 heavy (non-hydrogen) atoms. The van der Waals surface area contributed by atoms with Gasteiger partial charge in [0, 0.05) is 25.4 Å². The van der Waals surface area contributed by atoms with Crippen LogP contribution < -0.4 is 10.6 Å². The minimum absolute atomic E-state index is 0.00507. The lowest BCUT2D eigenvalue weighted by molar-refractivity contribution is -0.115. The number of nitrogen functional groups attached to an aromatic ring is 1. The van der Waals surface area contributed by atoms with Crippen LogP contribution in [0.15, 0.2) is 81.4 Å². The van der Waals surface area contributed by atoms with Gasteiger partial charge in [0.1, 0.15) is 0 Å². The SMILES string of the molecule is Nc1ccccc1SCC(=O)N1c2ccccc2Sc2ccc(Cl)cc21. The number of benzene rings is 3. The molecular formula is C20H15ClN2OS2. The Kier molecular flexibility index (Phi) is 4.85. The van der Waals surface area contributed by atoms with Gasteiger partial charge in [-0.3, -0.25) is 9.69 Å². The minimum Gasteiger partial charge on any atom is -0.398 e. The summed E-state index contributed by atoms with van der Waals surface area (Å²) in [6.07, 6.45) is 0. The van der Waals surface area contributed by atoms with Crippen LogP contribution in [0.3, 0.4) is 0 Å². The Morgan fingerprint density at radius 2 is 1.73 bits per heavy atom. The van der Waals surface area contributed by atoms with Crippen molar-refractivity contribution in [2.45, 2.75) is 14.7 Å². The van der Waals surface area contributed by atoms with Crippen molar-refractivity contribution >= 4 is 58.1 Å². The molecule has 1 amide bonds. The van der Waals surface area contributed by atoms with Crippen LogP contribution in [0.5, 0.6) is 0 Å². The van der Waals surface area contributed by atoms with Gasteiger partial charge in [-0.2, -0.15) is 0 Å². The van der Waals surface area contributed by atoms with E-state index in [1.54, 1.807) is 16.7 Å². The number of nitrogens with zero attached hydrogens (tertiary/aromatic N) is 1. The second-order valence-electron chi connectivity index (χ2n) is 5.74. The number of anilines is 3. The van der Waals surface area contributed by atoms with E-state index in [1.807, 2.05) is 66.7 Å². The Bertz CT molecular complexity index is 993. The van der Waals surface area contributed by atoms with E-state index >= 15 is 0 Å². The molecule has 130 valence electrons. The van der Waals surface area contributed by atoms with Crippen molar-refractivity contribution in [2.75, 3.05) is 16.4 Å². The zero-order valence-corrected chi connectivity index (χ0v) is 16.1. The van der Waals surface area contributed by atoms with Crippen molar-refractivity contribution in [3.63, 3.8) is 0 Å². The first kappa shape index (κ1) is 17.3. The third-order valence-electron chi connectivity index (χ3n) is 4.01. The van der Waals surface area contributed by atoms with Gasteiger partial charge in [-0.15, -0.1) is 11.8 Å². The first-order valence-electron chi connectivity index (χ1n) is 8.00. The van der Waals surface area contributed by atoms with Crippen molar-refractivity contribution in [3.8, 4) is 0 Å². The predicted octanol–water partition coefficient (Wildman–Crippen LogP) is 5.84. The predicted molar refractivity (Wildman–Crippen MR) is 111 cm³/mol. The highest BCUT2D eigenvalue weighted by atomic mass is 35.5. The second-order valence-corrected chi connectivity index (χ2v) is 8.27. The molecule has 1 heterocycles. The molecule has 3 aromatic carbocycles. The van der Waals surface area contributed by atoms with Gasteiger partial charge in [0.2, 0.25) is 5.91 Å². The minimum atomic E-state index is -0.00507. The van der Waals surface area contributed by atoms with E-state index in [1.165, 1.54) is 11.8 Å². The van der Waals surface area contributed by atoms with Crippen LogP contribution in [-0.2, 0) is 4.79 Å². The summed E-state index contributed by atoms with van der Waals surface area (Å²) in [5, 5.41) is 0.612. The summed E-state index contributed by atoms with van der Waals surface area (Å²) in [6.45, 7) is 0.